The van der Waals surface area contributed by atoms with Crippen molar-refractivity contribution in [1.29, 1.82) is 0 Å². The molecule has 4 rings (SSSR count). The van der Waals surface area contributed by atoms with E-state index >= 15 is 0 Å². The largest absolute Gasteiger partial charge is 0.496 e. The quantitative estimate of drug-likeness (QED) is 0.245. The number of likely N-dealkylation sites (tertiary alicyclic amines) is 1. The molecule has 6 nitrogen and oxygen atoms in total. The van der Waals surface area contributed by atoms with Crippen LogP contribution in [0.3, 0.4) is 0 Å². The standard InChI is InChI=1S/C33H40ClN3O3/c1-23(2)27-10-15-30(31(22-27)40-3)24-16-20-37(21-17-24)19-5-4-18-35-32(38)25-8-13-29(14-9-25)36-33(39)26-6-11-28(34)12-7-26/h6-15,22-24H,4-5,16-21H2,1-3H3,(H,35,38)(H,36,39). The summed E-state index contributed by atoms with van der Waals surface area (Å²) in [6.45, 7) is 8.30. The molecule has 0 aliphatic carbocycles. The lowest BCUT2D eigenvalue weighted by Gasteiger charge is -2.33. The summed E-state index contributed by atoms with van der Waals surface area (Å²) in [6, 6.07) is 20.3. The van der Waals surface area contributed by atoms with Crippen LogP contribution in [-0.4, -0.2) is 50.0 Å². The van der Waals surface area contributed by atoms with E-state index in [0.717, 1.165) is 51.1 Å². The number of piperidine rings is 1. The number of ether oxygens (including phenoxy) is 1. The molecule has 0 bridgehead atoms. The highest BCUT2D eigenvalue weighted by Gasteiger charge is 2.23. The maximum absolute atomic E-state index is 12.5. The number of nitrogens with one attached hydrogen (secondary N) is 2. The van der Waals surface area contributed by atoms with Gasteiger partial charge in [0.05, 0.1) is 7.11 Å². The Hall–Kier alpha value is -3.35. The molecule has 212 valence electrons. The molecule has 0 aromatic heterocycles. The van der Waals surface area contributed by atoms with Crippen molar-refractivity contribution < 1.29 is 14.3 Å². The number of rotatable bonds is 11. The number of carbonyl (C=O) groups is 2. The summed E-state index contributed by atoms with van der Waals surface area (Å²) in [4.78, 5) is 27.4. The Morgan fingerprint density at radius 2 is 1.57 bits per heavy atom. The fourth-order valence-corrected chi connectivity index (χ4v) is 5.29. The number of carbonyl (C=O) groups excluding carboxylic acids is 2. The summed E-state index contributed by atoms with van der Waals surface area (Å²) in [7, 11) is 1.77. The van der Waals surface area contributed by atoms with Crippen LogP contribution in [0.5, 0.6) is 5.75 Å². The van der Waals surface area contributed by atoms with E-state index in [1.807, 2.05) is 0 Å². The van der Waals surface area contributed by atoms with Gasteiger partial charge in [-0.2, -0.15) is 0 Å². The van der Waals surface area contributed by atoms with Gasteiger partial charge in [0, 0.05) is 28.4 Å². The molecule has 2 N–H and O–H groups in total. The molecule has 0 spiro atoms. The minimum Gasteiger partial charge on any atom is -0.496 e. The van der Waals surface area contributed by atoms with Gasteiger partial charge in [0.2, 0.25) is 0 Å². The molecular formula is C33H40ClN3O3. The predicted molar refractivity (Wildman–Crippen MR) is 163 cm³/mol. The summed E-state index contributed by atoms with van der Waals surface area (Å²) in [5.74, 6) is 1.74. The van der Waals surface area contributed by atoms with E-state index < -0.39 is 0 Å². The molecule has 0 unspecified atom stereocenters. The van der Waals surface area contributed by atoms with Gasteiger partial charge in [-0.1, -0.05) is 37.6 Å². The van der Waals surface area contributed by atoms with Gasteiger partial charge < -0.3 is 20.3 Å². The van der Waals surface area contributed by atoms with Crippen LogP contribution in [0.15, 0.2) is 66.7 Å². The number of hydrogen-bond acceptors (Lipinski definition) is 4. The first-order valence-corrected chi connectivity index (χ1v) is 14.6. The van der Waals surface area contributed by atoms with Gasteiger partial charge in [0.15, 0.2) is 0 Å². The first kappa shape index (κ1) is 29.6. The fourth-order valence-electron chi connectivity index (χ4n) is 5.17. The molecule has 1 aliphatic heterocycles. The molecule has 3 aromatic rings. The van der Waals surface area contributed by atoms with Crippen LogP contribution in [0.2, 0.25) is 5.02 Å². The van der Waals surface area contributed by atoms with Crippen molar-refractivity contribution in [1.82, 2.24) is 10.2 Å². The number of unbranched alkanes of at least 4 members (excludes halogenated alkanes) is 1. The van der Waals surface area contributed by atoms with Crippen LogP contribution in [0.25, 0.3) is 0 Å². The summed E-state index contributed by atoms with van der Waals surface area (Å²) in [5.41, 5.74) is 4.38. The summed E-state index contributed by atoms with van der Waals surface area (Å²) >= 11 is 5.88. The Morgan fingerprint density at radius 3 is 2.23 bits per heavy atom. The average molecular weight is 562 g/mol. The van der Waals surface area contributed by atoms with E-state index in [0.29, 0.717) is 40.2 Å². The lowest BCUT2D eigenvalue weighted by molar-refractivity contribution is 0.0951. The first-order valence-electron chi connectivity index (χ1n) is 14.2. The maximum atomic E-state index is 12.5. The summed E-state index contributed by atoms with van der Waals surface area (Å²) < 4.78 is 5.73. The van der Waals surface area contributed by atoms with E-state index in [1.54, 1.807) is 55.6 Å². The number of methoxy groups -OCH3 is 1. The molecule has 0 saturated carbocycles. The Labute approximate surface area is 243 Å². The first-order chi connectivity index (χ1) is 19.3. The van der Waals surface area contributed by atoms with Crippen molar-refractivity contribution in [3.63, 3.8) is 0 Å². The number of amides is 2. The lowest BCUT2D eigenvalue weighted by atomic mass is 9.87. The van der Waals surface area contributed by atoms with Crippen LogP contribution in [0.4, 0.5) is 5.69 Å². The Bertz CT molecular complexity index is 1270. The molecule has 0 atom stereocenters. The van der Waals surface area contributed by atoms with Gasteiger partial charge in [-0.3, -0.25) is 9.59 Å². The number of anilines is 1. The van der Waals surface area contributed by atoms with E-state index in [2.05, 4.69) is 47.6 Å². The van der Waals surface area contributed by atoms with Crippen LogP contribution in [0.1, 0.15) is 83.2 Å². The van der Waals surface area contributed by atoms with E-state index in [9.17, 15) is 9.59 Å². The third kappa shape index (κ3) is 8.09. The highest BCUT2D eigenvalue weighted by Crippen LogP contribution is 2.36. The molecular weight excluding hydrogens is 522 g/mol. The van der Waals surface area contributed by atoms with Crippen LogP contribution >= 0.6 is 11.6 Å². The van der Waals surface area contributed by atoms with Gasteiger partial charge in [0.1, 0.15) is 5.75 Å². The molecule has 40 heavy (non-hydrogen) atoms. The minimum absolute atomic E-state index is 0.103. The number of halogens is 1. The van der Waals surface area contributed by atoms with Crippen molar-refractivity contribution in [2.45, 2.75) is 51.4 Å². The van der Waals surface area contributed by atoms with Gasteiger partial charge in [-0.15, -0.1) is 0 Å². The number of nitrogens with zero attached hydrogens (tertiary/aromatic N) is 1. The molecule has 1 saturated heterocycles. The predicted octanol–water partition coefficient (Wildman–Crippen LogP) is 7.11. The van der Waals surface area contributed by atoms with Crippen molar-refractivity contribution in [2.75, 3.05) is 38.6 Å². The lowest BCUT2D eigenvalue weighted by Crippen LogP contribution is -2.34. The molecule has 7 heteroatoms. The van der Waals surface area contributed by atoms with Gasteiger partial charge >= 0.3 is 0 Å². The molecule has 2 amide bonds. The van der Waals surface area contributed by atoms with Crippen molar-refractivity contribution in [3.8, 4) is 5.75 Å². The third-order valence-corrected chi connectivity index (χ3v) is 7.90. The molecule has 1 aliphatic rings. The highest BCUT2D eigenvalue weighted by atomic mass is 35.5. The van der Waals surface area contributed by atoms with Gasteiger partial charge in [-0.05, 0) is 123 Å². The minimum atomic E-state index is -0.224. The van der Waals surface area contributed by atoms with E-state index in [4.69, 9.17) is 16.3 Å². The smallest absolute Gasteiger partial charge is 0.255 e. The maximum Gasteiger partial charge on any atom is 0.255 e. The Morgan fingerprint density at radius 1 is 0.925 bits per heavy atom. The molecule has 1 fully saturated rings. The SMILES string of the molecule is COc1cc(C(C)C)ccc1C1CCN(CCCCNC(=O)c2ccc(NC(=O)c3ccc(Cl)cc3)cc2)CC1. The summed E-state index contributed by atoms with van der Waals surface area (Å²) in [6.07, 6.45) is 4.27. The second-order valence-corrected chi connectivity index (χ2v) is 11.2. The molecule has 3 aromatic carbocycles. The average Bonchev–Trinajstić information content (AvgIpc) is 2.97. The second kappa shape index (κ2) is 14.3. The van der Waals surface area contributed by atoms with Crippen LogP contribution < -0.4 is 15.4 Å². The highest BCUT2D eigenvalue weighted by molar-refractivity contribution is 6.30. The van der Waals surface area contributed by atoms with Crippen molar-refractivity contribution in [2.24, 2.45) is 0 Å². The zero-order valence-electron chi connectivity index (χ0n) is 23.7. The van der Waals surface area contributed by atoms with Crippen molar-refractivity contribution in [3.05, 3.63) is 94.0 Å². The van der Waals surface area contributed by atoms with Gasteiger partial charge in [-0.25, -0.2) is 0 Å². The molecule has 1 heterocycles. The summed E-state index contributed by atoms with van der Waals surface area (Å²) in [5, 5.41) is 6.42. The zero-order valence-corrected chi connectivity index (χ0v) is 24.5. The van der Waals surface area contributed by atoms with E-state index in [1.165, 1.54) is 11.1 Å². The van der Waals surface area contributed by atoms with Gasteiger partial charge in [0.25, 0.3) is 11.8 Å². The topological polar surface area (TPSA) is 70.7 Å². The Kier molecular flexibility index (Phi) is 10.6. The normalized spacial score (nSPS) is 14.2. The second-order valence-electron chi connectivity index (χ2n) is 10.8. The monoisotopic (exact) mass is 561 g/mol. The van der Waals surface area contributed by atoms with Crippen LogP contribution in [0, 0.1) is 0 Å². The van der Waals surface area contributed by atoms with E-state index in [-0.39, 0.29) is 11.8 Å². The number of benzene rings is 3. The Balaban J connectivity index is 1.14. The molecule has 0 radical (unpaired) electrons. The zero-order chi connectivity index (χ0) is 28.5. The van der Waals surface area contributed by atoms with Crippen LogP contribution in [-0.2, 0) is 0 Å². The van der Waals surface area contributed by atoms with Crippen molar-refractivity contribution >= 4 is 29.1 Å². The number of hydrogen-bond donors (Lipinski definition) is 2. The fraction of sp³-hybridized carbons (Fsp3) is 0.394. The third-order valence-electron chi connectivity index (χ3n) is 7.65.